The van der Waals surface area contributed by atoms with Crippen molar-refractivity contribution in [1.29, 1.82) is 0 Å². The predicted octanol–water partition coefficient (Wildman–Crippen LogP) is -2.67. The fraction of sp³-hybridized carbons (Fsp3) is 0.600. The summed E-state index contributed by atoms with van der Waals surface area (Å²) in [6.07, 6.45) is -1.69. The van der Waals surface area contributed by atoms with Crippen LogP contribution in [0.5, 0.6) is 0 Å². The van der Waals surface area contributed by atoms with Gasteiger partial charge in [0.15, 0.2) is 6.10 Å². The lowest BCUT2D eigenvalue weighted by atomic mass is 10.2. The predicted molar refractivity (Wildman–Crippen MR) is 35.2 cm³/mol. The Morgan fingerprint density at radius 2 is 2.00 bits per heavy atom. The summed E-state index contributed by atoms with van der Waals surface area (Å²) in [6, 6.07) is -1.41. The summed E-state index contributed by atoms with van der Waals surface area (Å²) in [4.78, 5) is 20.8. The molecule has 1 unspecified atom stereocenters. The molecule has 0 aliphatic heterocycles. The third-order valence-corrected chi connectivity index (χ3v) is 1.11. The van der Waals surface area contributed by atoms with Crippen molar-refractivity contribution in [2.75, 3.05) is 7.11 Å². The molecule has 0 rings (SSSR count). The summed E-state index contributed by atoms with van der Waals surface area (Å²) in [5.74, 6) is -1.93. The van der Waals surface area contributed by atoms with Crippen molar-refractivity contribution in [3.05, 3.63) is 0 Å². The zero-order valence-electron chi connectivity index (χ0n) is 5.98. The summed E-state index contributed by atoms with van der Waals surface area (Å²) in [7, 11) is 1.09. The van der Waals surface area contributed by atoms with Gasteiger partial charge in [-0.15, -0.1) is 0 Å². The molecule has 0 spiro atoms. The molecule has 6 nitrogen and oxygen atoms in total. The van der Waals surface area contributed by atoms with Gasteiger partial charge in [-0.05, 0) is 0 Å². The fourth-order valence-electron chi connectivity index (χ4n) is 0.442. The molecule has 0 aliphatic rings. The second-order valence-corrected chi connectivity index (χ2v) is 1.90. The number of methoxy groups -OCH3 is 1. The first kappa shape index (κ1) is 9.86. The molecule has 64 valence electrons. The van der Waals surface area contributed by atoms with Crippen LogP contribution in [0, 0.1) is 0 Å². The van der Waals surface area contributed by atoms with Crippen LogP contribution >= 0.6 is 0 Å². The molecule has 0 heterocycles. The molecule has 0 aromatic heterocycles. The van der Waals surface area contributed by atoms with E-state index in [1.165, 1.54) is 0 Å². The number of ether oxygens (including phenoxy) is 1. The van der Waals surface area contributed by atoms with E-state index in [2.05, 4.69) is 10.5 Å². The Hall–Kier alpha value is -1.14. The van der Waals surface area contributed by atoms with E-state index >= 15 is 0 Å². The summed E-state index contributed by atoms with van der Waals surface area (Å²) >= 11 is 0. The van der Waals surface area contributed by atoms with E-state index in [1.807, 2.05) is 0 Å². The second-order valence-electron chi connectivity index (χ2n) is 1.90. The quantitative estimate of drug-likeness (QED) is 0.391. The standard InChI is InChI=1S/C5H10N2O4/c1-11-5(10)2(6)3(8)4(7)9/h2-3,8H,6H2,1H3,(H2,7,9)/t2-,3?/m0/s1. The second kappa shape index (κ2) is 3.89. The van der Waals surface area contributed by atoms with Gasteiger partial charge in [-0.1, -0.05) is 0 Å². The summed E-state index contributed by atoms with van der Waals surface area (Å²) in [5.41, 5.74) is 9.70. The Morgan fingerprint density at radius 1 is 1.55 bits per heavy atom. The molecule has 5 N–H and O–H groups in total. The van der Waals surface area contributed by atoms with Crippen LogP contribution in [0.4, 0.5) is 0 Å². The molecule has 0 fully saturated rings. The number of amides is 1. The Morgan fingerprint density at radius 3 is 2.27 bits per heavy atom. The molecule has 0 radical (unpaired) electrons. The number of aliphatic hydroxyl groups excluding tert-OH is 1. The van der Waals surface area contributed by atoms with Crippen LogP contribution in [0.25, 0.3) is 0 Å². The number of carbonyl (C=O) groups is 2. The molecule has 0 aromatic carbocycles. The Bertz CT molecular complexity index is 170. The molecule has 0 aromatic rings. The highest BCUT2D eigenvalue weighted by Crippen LogP contribution is 1.91. The Balaban J connectivity index is 4.12. The van der Waals surface area contributed by atoms with E-state index in [0.717, 1.165) is 7.11 Å². The highest BCUT2D eigenvalue weighted by molar-refractivity contribution is 5.87. The van der Waals surface area contributed by atoms with Gasteiger partial charge in [0, 0.05) is 0 Å². The Kier molecular flexibility index (Phi) is 3.49. The number of esters is 1. The third-order valence-electron chi connectivity index (χ3n) is 1.11. The van der Waals surface area contributed by atoms with E-state index < -0.39 is 24.0 Å². The molecule has 6 heteroatoms. The normalized spacial score (nSPS) is 15.2. The molecule has 11 heavy (non-hydrogen) atoms. The minimum atomic E-state index is -1.69. The van der Waals surface area contributed by atoms with E-state index in [9.17, 15) is 9.59 Å². The van der Waals surface area contributed by atoms with Crippen LogP contribution in [-0.2, 0) is 14.3 Å². The van der Waals surface area contributed by atoms with E-state index in [1.54, 1.807) is 0 Å². The van der Waals surface area contributed by atoms with Crippen LogP contribution < -0.4 is 11.5 Å². The first-order valence-corrected chi connectivity index (χ1v) is 2.81. The van der Waals surface area contributed by atoms with E-state index in [4.69, 9.17) is 10.8 Å². The number of hydrogen-bond acceptors (Lipinski definition) is 5. The van der Waals surface area contributed by atoms with E-state index in [-0.39, 0.29) is 0 Å². The fourth-order valence-corrected chi connectivity index (χ4v) is 0.442. The smallest absolute Gasteiger partial charge is 0.325 e. The molecule has 0 saturated heterocycles. The van der Waals surface area contributed by atoms with Crippen LogP contribution in [0.15, 0.2) is 0 Å². The van der Waals surface area contributed by atoms with Crippen molar-refractivity contribution < 1.29 is 19.4 Å². The number of hydrogen-bond donors (Lipinski definition) is 3. The van der Waals surface area contributed by atoms with Crippen molar-refractivity contribution in [3.8, 4) is 0 Å². The van der Waals surface area contributed by atoms with Crippen molar-refractivity contribution in [1.82, 2.24) is 0 Å². The minimum absolute atomic E-state index is 0.878. The van der Waals surface area contributed by atoms with Gasteiger partial charge in [-0.3, -0.25) is 9.59 Å². The lowest BCUT2D eigenvalue weighted by molar-refractivity contribution is -0.148. The largest absolute Gasteiger partial charge is 0.468 e. The number of primary amides is 1. The summed E-state index contributed by atoms with van der Waals surface area (Å²) in [5, 5.41) is 8.80. The van der Waals surface area contributed by atoms with Gasteiger partial charge in [0.2, 0.25) is 5.91 Å². The maximum Gasteiger partial charge on any atom is 0.325 e. The van der Waals surface area contributed by atoms with Gasteiger partial charge in [-0.25, -0.2) is 0 Å². The number of rotatable bonds is 3. The molecule has 1 amide bonds. The molecule has 0 aliphatic carbocycles. The molecule has 0 saturated carbocycles. The number of carbonyl (C=O) groups excluding carboxylic acids is 2. The van der Waals surface area contributed by atoms with Crippen LogP contribution in [0.2, 0.25) is 0 Å². The molecular formula is C5H10N2O4. The SMILES string of the molecule is COC(=O)[C@@H](N)C(O)C(N)=O. The highest BCUT2D eigenvalue weighted by Gasteiger charge is 2.27. The van der Waals surface area contributed by atoms with Crippen molar-refractivity contribution in [3.63, 3.8) is 0 Å². The Labute approximate surface area is 63.1 Å². The molecule has 0 bridgehead atoms. The minimum Gasteiger partial charge on any atom is -0.468 e. The molecular weight excluding hydrogens is 152 g/mol. The van der Waals surface area contributed by atoms with Crippen LogP contribution in [-0.4, -0.2) is 36.2 Å². The zero-order chi connectivity index (χ0) is 9.02. The van der Waals surface area contributed by atoms with Crippen LogP contribution in [0.1, 0.15) is 0 Å². The average Bonchev–Trinajstić information content (AvgIpc) is 2.00. The monoisotopic (exact) mass is 162 g/mol. The number of nitrogens with two attached hydrogens (primary N) is 2. The maximum absolute atomic E-state index is 10.5. The summed E-state index contributed by atoms with van der Waals surface area (Å²) < 4.78 is 4.15. The van der Waals surface area contributed by atoms with Gasteiger partial charge >= 0.3 is 5.97 Å². The third kappa shape index (κ3) is 2.52. The summed E-state index contributed by atoms with van der Waals surface area (Å²) in [6.45, 7) is 0. The average molecular weight is 162 g/mol. The molecule has 2 atom stereocenters. The topological polar surface area (TPSA) is 116 Å². The van der Waals surface area contributed by atoms with Gasteiger partial charge in [0.1, 0.15) is 6.04 Å². The first-order valence-electron chi connectivity index (χ1n) is 2.81. The zero-order valence-corrected chi connectivity index (χ0v) is 5.98. The maximum atomic E-state index is 10.5. The number of aliphatic hydroxyl groups is 1. The van der Waals surface area contributed by atoms with Crippen molar-refractivity contribution >= 4 is 11.9 Å². The lowest BCUT2D eigenvalue weighted by Gasteiger charge is -2.12. The van der Waals surface area contributed by atoms with Gasteiger partial charge in [0.25, 0.3) is 0 Å². The first-order chi connectivity index (χ1) is 5.00. The van der Waals surface area contributed by atoms with Gasteiger partial charge < -0.3 is 21.3 Å². The van der Waals surface area contributed by atoms with Crippen LogP contribution in [0.3, 0.4) is 0 Å². The lowest BCUT2D eigenvalue weighted by Crippen LogP contribution is -2.49. The van der Waals surface area contributed by atoms with Gasteiger partial charge in [-0.2, -0.15) is 0 Å². The van der Waals surface area contributed by atoms with Crippen molar-refractivity contribution in [2.24, 2.45) is 11.5 Å². The highest BCUT2D eigenvalue weighted by atomic mass is 16.5. The van der Waals surface area contributed by atoms with Crippen molar-refractivity contribution in [2.45, 2.75) is 12.1 Å². The van der Waals surface area contributed by atoms with Gasteiger partial charge in [0.05, 0.1) is 7.11 Å². The van der Waals surface area contributed by atoms with E-state index in [0.29, 0.717) is 0 Å².